The maximum atomic E-state index is 5.71. The third-order valence-electron chi connectivity index (χ3n) is 3.01. The van der Waals surface area contributed by atoms with E-state index < -0.39 is 0 Å². The molecule has 0 atom stereocenters. The Morgan fingerprint density at radius 1 is 1.44 bits per heavy atom. The molecule has 1 saturated carbocycles. The fourth-order valence-corrected chi connectivity index (χ4v) is 2.00. The molecular weight excluding hydrogens is 202 g/mol. The molecule has 0 saturated heterocycles. The van der Waals surface area contributed by atoms with Crippen LogP contribution in [-0.4, -0.2) is 21.5 Å². The van der Waals surface area contributed by atoms with Gasteiger partial charge in [0.2, 0.25) is 0 Å². The molecule has 4 heteroatoms. The summed E-state index contributed by atoms with van der Waals surface area (Å²) in [5.41, 5.74) is 7.64. The van der Waals surface area contributed by atoms with E-state index in [-0.39, 0.29) is 0 Å². The topological polar surface area (TPSA) is 52.5 Å². The summed E-state index contributed by atoms with van der Waals surface area (Å²) < 4.78 is 7.71. The van der Waals surface area contributed by atoms with Gasteiger partial charge in [0, 0.05) is 18.4 Å². The van der Waals surface area contributed by atoms with Crippen molar-refractivity contribution in [1.82, 2.24) is 9.38 Å². The maximum absolute atomic E-state index is 5.71. The standard InChI is InChI=1S/C12H15N3O/c13-9-5-11(6-9)16-8-10-7-15-4-2-1-3-12(15)14-10/h1-4,7,9,11H,5-6,8,13H2. The Hall–Kier alpha value is -1.39. The van der Waals surface area contributed by atoms with E-state index in [2.05, 4.69) is 4.98 Å². The third-order valence-corrected chi connectivity index (χ3v) is 3.01. The lowest BCUT2D eigenvalue weighted by Gasteiger charge is -2.31. The van der Waals surface area contributed by atoms with E-state index in [0.717, 1.165) is 24.2 Å². The van der Waals surface area contributed by atoms with Crippen LogP contribution in [0.5, 0.6) is 0 Å². The highest BCUT2D eigenvalue weighted by Gasteiger charge is 2.26. The number of ether oxygens (including phenoxy) is 1. The van der Waals surface area contributed by atoms with Crippen molar-refractivity contribution < 1.29 is 4.74 Å². The predicted molar refractivity (Wildman–Crippen MR) is 61.0 cm³/mol. The van der Waals surface area contributed by atoms with Crippen molar-refractivity contribution in [3.63, 3.8) is 0 Å². The van der Waals surface area contributed by atoms with E-state index in [4.69, 9.17) is 10.5 Å². The molecule has 2 aromatic heterocycles. The minimum atomic E-state index is 0.333. The van der Waals surface area contributed by atoms with Crippen molar-refractivity contribution in [3.8, 4) is 0 Å². The van der Waals surface area contributed by atoms with Crippen LogP contribution in [0.25, 0.3) is 5.65 Å². The van der Waals surface area contributed by atoms with Crippen LogP contribution in [0.3, 0.4) is 0 Å². The first-order valence-electron chi connectivity index (χ1n) is 5.61. The molecule has 1 aliphatic rings. The number of hydrogen-bond donors (Lipinski definition) is 1. The van der Waals surface area contributed by atoms with Gasteiger partial charge in [-0.15, -0.1) is 0 Å². The van der Waals surface area contributed by atoms with E-state index in [1.165, 1.54) is 0 Å². The van der Waals surface area contributed by atoms with Gasteiger partial charge in [-0.25, -0.2) is 4.98 Å². The van der Waals surface area contributed by atoms with Crippen LogP contribution >= 0.6 is 0 Å². The molecule has 2 aromatic rings. The summed E-state index contributed by atoms with van der Waals surface area (Å²) in [5.74, 6) is 0. The smallest absolute Gasteiger partial charge is 0.137 e. The van der Waals surface area contributed by atoms with Crippen LogP contribution in [-0.2, 0) is 11.3 Å². The number of rotatable bonds is 3. The molecule has 0 aliphatic heterocycles. The summed E-state index contributed by atoms with van der Waals surface area (Å²) in [7, 11) is 0. The van der Waals surface area contributed by atoms with Gasteiger partial charge in [0.25, 0.3) is 0 Å². The number of hydrogen-bond acceptors (Lipinski definition) is 3. The van der Waals surface area contributed by atoms with Gasteiger partial charge in [-0.1, -0.05) is 6.07 Å². The Morgan fingerprint density at radius 3 is 3.06 bits per heavy atom. The Bertz CT molecular complexity index is 455. The van der Waals surface area contributed by atoms with Crippen molar-refractivity contribution in [2.75, 3.05) is 0 Å². The zero-order valence-electron chi connectivity index (χ0n) is 9.04. The van der Waals surface area contributed by atoms with Crippen molar-refractivity contribution in [1.29, 1.82) is 0 Å². The van der Waals surface area contributed by atoms with E-state index in [1.54, 1.807) is 0 Å². The molecule has 16 heavy (non-hydrogen) atoms. The minimum Gasteiger partial charge on any atom is -0.372 e. The molecule has 0 spiro atoms. The Balaban J connectivity index is 1.65. The van der Waals surface area contributed by atoms with Gasteiger partial charge in [-0.2, -0.15) is 0 Å². The van der Waals surface area contributed by atoms with Crippen LogP contribution in [0, 0.1) is 0 Å². The summed E-state index contributed by atoms with van der Waals surface area (Å²) >= 11 is 0. The predicted octanol–water partition coefficient (Wildman–Crippen LogP) is 1.34. The Kier molecular flexibility index (Phi) is 2.38. The summed E-state index contributed by atoms with van der Waals surface area (Å²) in [6.45, 7) is 0.582. The van der Waals surface area contributed by atoms with Gasteiger partial charge >= 0.3 is 0 Å². The second kappa shape index (κ2) is 3.88. The fraction of sp³-hybridized carbons (Fsp3) is 0.417. The average Bonchev–Trinajstić information content (AvgIpc) is 2.65. The number of fused-ring (bicyclic) bond motifs is 1. The molecular formula is C12H15N3O. The molecule has 0 radical (unpaired) electrons. The van der Waals surface area contributed by atoms with Crippen LogP contribution in [0.15, 0.2) is 30.6 Å². The fourth-order valence-electron chi connectivity index (χ4n) is 2.00. The molecule has 2 N–H and O–H groups in total. The molecule has 0 bridgehead atoms. The van der Waals surface area contributed by atoms with Gasteiger partial charge < -0.3 is 14.9 Å². The number of nitrogens with two attached hydrogens (primary N) is 1. The van der Waals surface area contributed by atoms with E-state index in [9.17, 15) is 0 Å². The van der Waals surface area contributed by atoms with Gasteiger partial charge in [-0.05, 0) is 25.0 Å². The first kappa shape index (κ1) is 9.81. The molecule has 2 heterocycles. The molecule has 0 aromatic carbocycles. The maximum Gasteiger partial charge on any atom is 0.137 e. The zero-order valence-corrected chi connectivity index (χ0v) is 9.04. The largest absolute Gasteiger partial charge is 0.372 e. The highest BCUT2D eigenvalue weighted by atomic mass is 16.5. The first-order chi connectivity index (χ1) is 7.81. The number of aromatic nitrogens is 2. The Morgan fingerprint density at radius 2 is 2.31 bits per heavy atom. The van der Waals surface area contributed by atoms with E-state index >= 15 is 0 Å². The molecule has 4 nitrogen and oxygen atoms in total. The van der Waals surface area contributed by atoms with Gasteiger partial charge in [0.15, 0.2) is 0 Å². The molecule has 84 valence electrons. The third kappa shape index (κ3) is 1.81. The van der Waals surface area contributed by atoms with Crippen molar-refractivity contribution in [3.05, 3.63) is 36.3 Å². The van der Waals surface area contributed by atoms with E-state index in [1.807, 2.05) is 35.0 Å². The van der Waals surface area contributed by atoms with Crippen LogP contribution in [0.2, 0.25) is 0 Å². The number of imidazole rings is 1. The molecule has 3 rings (SSSR count). The molecule has 0 unspecified atom stereocenters. The van der Waals surface area contributed by atoms with Crippen LogP contribution < -0.4 is 5.73 Å². The monoisotopic (exact) mass is 217 g/mol. The number of pyridine rings is 1. The molecule has 1 fully saturated rings. The SMILES string of the molecule is NC1CC(OCc2cn3ccccc3n2)C1. The summed E-state index contributed by atoms with van der Waals surface area (Å²) in [4.78, 5) is 4.47. The number of nitrogens with zero attached hydrogens (tertiary/aromatic N) is 2. The minimum absolute atomic E-state index is 0.333. The van der Waals surface area contributed by atoms with Crippen LogP contribution in [0.4, 0.5) is 0 Å². The molecule has 0 amide bonds. The molecule has 1 aliphatic carbocycles. The normalized spacial score (nSPS) is 24.6. The quantitative estimate of drug-likeness (QED) is 0.844. The highest BCUT2D eigenvalue weighted by molar-refractivity contribution is 5.39. The Labute approximate surface area is 94.0 Å². The first-order valence-corrected chi connectivity index (χ1v) is 5.61. The van der Waals surface area contributed by atoms with Crippen molar-refractivity contribution in [2.24, 2.45) is 5.73 Å². The van der Waals surface area contributed by atoms with Crippen molar-refractivity contribution in [2.45, 2.75) is 31.6 Å². The summed E-state index contributed by atoms with van der Waals surface area (Å²) in [6.07, 6.45) is 6.29. The second-order valence-electron chi connectivity index (χ2n) is 4.36. The average molecular weight is 217 g/mol. The van der Waals surface area contributed by atoms with Crippen molar-refractivity contribution >= 4 is 5.65 Å². The summed E-state index contributed by atoms with van der Waals surface area (Å²) in [5, 5.41) is 0. The highest BCUT2D eigenvalue weighted by Crippen LogP contribution is 2.22. The van der Waals surface area contributed by atoms with Gasteiger partial charge in [-0.3, -0.25) is 0 Å². The zero-order chi connectivity index (χ0) is 11.0. The summed E-state index contributed by atoms with van der Waals surface area (Å²) in [6, 6.07) is 6.30. The lowest BCUT2D eigenvalue weighted by atomic mass is 9.90. The van der Waals surface area contributed by atoms with E-state index in [0.29, 0.717) is 18.8 Å². The van der Waals surface area contributed by atoms with Gasteiger partial charge in [0.05, 0.1) is 18.4 Å². The van der Waals surface area contributed by atoms with Crippen LogP contribution in [0.1, 0.15) is 18.5 Å². The van der Waals surface area contributed by atoms with Gasteiger partial charge in [0.1, 0.15) is 5.65 Å². The lowest BCUT2D eigenvalue weighted by molar-refractivity contribution is -0.0200. The second-order valence-corrected chi connectivity index (χ2v) is 4.36. The lowest BCUT2D eigenvalue weighted by Crippen LogP contribution is -2.41.